The number of nitrogens with one attached hydrogen (secondary N) is 2. The maximum atomic E-state index is 13.3. The minimum absolute atomic E-state index is 0.0368. The van der Waals surface area contributed by atoms with Crippen LogP contribution in [-0.2, 0) is 0 Å². The van der Waals surface area contributed by atoms with E-state index >= 15 is 0 Å². The molecule has 0 aliphatic rings. The number of halogens is 2. The van der Waals surface area contributed by atoms with Gasteiger partial charge in [0.2, 0.25) is 5.28 Å². The minimum Gasteiger partial charge on any atom is -0.340 e. The molecule has 0 aliphatic carbocycles. The predicted octanol–water partition coefficient (Wildman–Crippen LogP) is 2.76. The van der Waals surface area contributed by atoms with Crippen molar-refractivity contribution in [3.8, 4) is 6.07 Å². The lowest BCUT2D eigenvalue weighted by Crippen LogP contribution is -1.98. The second kappa shape index (κ2) is 4.75. The van der Waals surface area contributed by atoms with Gasteiger partial charge in [0.25, 0.3) is 0 Å². The topological polar surface area (TPSA) is 90.3 Å². The first-order valence-electron chi connectivity index (χ1n) is 5.50. The third-order valence-electron chi connectivity index (χ3n) is 2.61. The molecule has 8 heteroatoms. The molecule has 0 aliphatic heterocycles. The van der Waals surface area contributed by atoms with Crippen LogP contribution < -0.4 is 5.32 Å². The number of aromatic amines is 1. The lowest BCUT2D eigenvalue weighted by atomic mass is 10.2. The molecule has 98 valence electrons. The summed E-state index contributed by atoms with van der Waals surface area (Å²) in [5, 5.41) is 11.8. The van der Waals surface area contributed by atoms with Crippen molar-refractivity contribution < 1.29 is 4.39 Å². The summed E-state index contributed by atoms with van der Waals surface area (Å²) >= 11 is 5.80. The van der Waals surface area contributed by atoms with Crippen molar-refractivity contribution in [2.24, 2.45) is 0 Å². The summed E-state index contributed by atoms with van der Waals surface area (Å²) in [6, 6.07) is 5.85. The number of H-pyrrole nitrogens is 1. The second-order valence-corrected chi connectivity index (χ2v) is 4.21. The van der Waals surface area contributed by atoms with Gasteiger partial charge in [0, 0.05) is 5.69 Å². The van der Waals surface area contributed by atoms with Crippen molar-refractivity contribution in [3.63, 3.8) is 0 Å². The molecule has 0 saturated carbocycles. The third-order valence-corrected chi connectivity index (χ3v) is 2.78. The Hall–Kier alpha value is -2.72. The first-order chi connectivity index (χ1) is 9.67. The van der Waals surface area contributed by atoms with Crippen LogP contribution in [0.4, 0.5) is 15.9 Å². The molecule has 0 radical (unpaired) electrons. The molecule has 1 aromatic carbocycles. The smallest absolute Gasteiger partial charge is 0.226 e. The Balaban J connectivity index is 2.05. The highest BCUT2D eigenvalue weighted by Gasteiger charge is 2.10. The molecule has 20 heavy (non-hydrogen) atoms. The van der Waals surface area contributed by atoms with Gasteiger partial charge in [-0.1, -0.05) is 0 Å². The molecule has 0 atom stereocenters. The zero-order valence-corrected chi connectivity index (χ0v) is 10.6. The van der Waals surface area contributed by atoms with E-state index in [0.29, 0.717) is 22.7 Å². The molecule has 0 amide bonds. The van der Waals surface area contributed by atoms with E-state index in [0.717, 1.165) is 0 Å². The number of hydrogen-bond donors (Lipinski definition) is 2. The number of imidazole rings is 1. The summed E-state index contributed by atoms with van der Waals surface area (Å²) in [6.45, 7) is 0. The number of benzene rings is 1. The number of fused-ring (bicyclic) bond motifs is 1. The molecular formula is C12H6ClFN6. The maximum absolute atomic E-state index is 13.3. The fraction of sp³-hybridized carbons (Fsp3) is 0. The molecule has 3 rings (SSSR count). The van der Waals surface area contributed by atoms with Crippen molar-refractivity contribution in [2.75, 3.05) is 5.32 Å². The molecule has 6 nitrogen and oxygen atoms in total. The van der Waals surface area contributed by atoms with Crippen LogP contribution in [0.3, 0.4) is 0 Å². The van der Waals surface area contributed by atoms with Gasteiger partial charge in [-0.05, 0) is 29.8 Å². The second-order valence-electron chi connectivity index (χ2n) is 3.87. The van der Waals surface area contributed by atoms with Gasteiger partial charge >= 0.3 is 0 Å². The fourth-order valence-corrected chi connectivity index (χ4v) is 1.89. The molecule has 2 N–H and O–H groups in total. The Bertz CT molecular complexity index is 838. The lowest BCUT2D eigenvalue weighted by Gasteiger charge is -2.07. The molecule has 0 saturated heterocycles. The Morgan fingerprint density at radius 2 is 2.20 bits per heavy atom. The molecule has 0 bridgehead atoms. The van der Waals surface area contributed by atoms with Crippen molar-refractivity contribution >= 4 is 34.3 Å². The summed E-state index contributed by atoms with van der Waals surface area (Å²) in [7, 11) is 0. The normalized spacial score (nSPS) is 10.4. The van der Waals surface area contributed by atoms with Crippen LogP contribution in [0.25, 0.3) is 11.2 Å². The van der Waals surface area contributed by atoms with E-state index in [1.165, 1.54) is 24.5 Å². The molecule has 0 fully saturated rings. The standard InChI is InChI=1S/C12H6ClFN6/c13-12-19-10-9(16-5-17-10)11(20-12)18-7-1-2-8(14)6(3-7)4-15/h1-3,5H,(H2,16,17,18,19,20). The van der Waals surface area contributed by atoms with Crippen molar-refractivity contribution in [1.82, 2.24) is 19.9 Å². The Morgan fingerprint density at radius 1 is 1.35 bits per heavy atom. The zero-order valence-electron chi connectivity index (χ0n) is 9.85. The van der Waals surface area contributed by atoms with E-state index in [4.69, 9.17) is 16.9 Å². The monoisotopic (exact) mass is 288 g/mol. The Labute approximate surface area is 117 Å². The highest BCUT2D eigenvalue weighted by atomic mass is 35.5. The molecular weight excluding hydrogens is 283 g/mol. The largest absolute Gasteiger partial charge is 0.340 e. The maximum Gasteiger partial charge on any atom is 0.226 e. The van der Waals surface area contributed by atoms with Crippen LogP contribution in [0.1, 0.15) is 5.56 Å². The van der Waals surface area contributed by atoms with Gasteiger partial charge in [0.1, 0.15) is 17.4 Å². The van der Waals surface area contributed by atoms with Crippen molar-refractivity contribution in [3.05, 3.63) is 41.2 Å². The summed E-state index contributed by atoms with van der Waals surface area (Å²) in [4.78, 5) is 14.9. The predicted molar refractivity (Wildman–Crippen MR) is 71.1 cm³/mol. The van der Waals surface area contributed by atoms with Gasteiger partial charge in [-0.25, -0.2) is 9.37 Å². The minimum atomic E-state index is -0.578. The number of nitrogens with zero attached hydrogens (tertiary/aromatic N) is 4. The first kappa shape index (κ1) is 12.3. The SMILES string of the molecule is N#Cc1cc(Nc2nc(Cl)nc3nc[nH]c23)ccc1F. The van der Waals surface area contributed by atoms with Crippen molar-refractivity contribution in [1.29, 1.82) is 5.26 Å². The highest BCUT2D eigenvalue weighted by Crippen LogP contribution is 2.23. The van der Waals surface area contributed by atoms with Crippen LogP contribution in [-0.4, -0.2) is 19.9 Å². The van der Waals surface area contributed by atoms with Gasteiger partial charge in [-0.2, -0.15) is 15.2 Å². The molecule has 2 heterocycles. The fourth-order valence-electron chi connectivity index (χ4n) is 1.72. The van der Waals surface area contributed by atoms with Gasteiger partial charge in [-0.3, -0.25) is 0 Å². The van der Waals surface area contributed by atoms with E-state index in [9.17, 15) is 4.39 Å². The van der Waals surface area contributed by atoms with E-state index in [-0.39, 0.29) is 10.8 Å². The molecule has 0 spiro atoms. The van der Waals surface area contributed by atoms with Crippen LogP contribution in [0.5, 0.6) is 0 Å². The summed E-state index contributed by atoms with van der Waals surface area (Å²) < 4.78 is 13.3. The zero-order chi connectivity index (χ0) is 14.1. The average molecular weight is 289 g/mol. The van der Waals surface area contributed by atoms with Crippen molar-refractivity contribution in [2.45, 2.75) is 0 Å². The molecule has 3 aromatic rings. The number of aromatic nitrogens is 4. The lowest BCUT2D eigenvalue weighted by molar-refractivity contribution is 0.624. The number of hydrogen-bond acceptors (Lipinski definition) is 5. The number of nitriles is 1. The van der Waals surface area contributed by atoms with Gasteiger partial charge in [0.15, 0.2) is 11.5 Å². The summed E-state index contributed by atoms with van der Waals surface area (Å²) in [5.41, 5.74) is 1.43. The van der Waals surface area contributed by atoms with E-state index in [2.05, 4.69) is 25.3 Å². The Kier molecular flexibility index (Phi) is 2.93. The van der Waals surface area contributed by atoms with Crippen LogP contribution in [0.15, 0.2) is 24.5 Å². The summed E-state index contributed by atoms with van der Waals surface area (Å²) in [5.74, 6) is -0.182. The van der Waals surface area contributed by atoms with E-state index < -0.39 is 5.82 Å². The van der Waals surface area contributed by atoms with Crippen LogP contribution >= 0.6 is 11.6 Å². The van der Waals surface area contributed by atoms with E-state index in [1.54, 1.807) is 6.07 Å². The molecule has 0 unspecified atom stereocenters. The third kappa shape index (κ3) is 2.13. The quantitative estimate of drug-likeness (QED) is 0.708. The Morgan fingerprint density at radius 3 is 3.00 bits per heavy atom. The molecule has 2 aromatic heterocycles. The first-order valence-corrected chi connectivity index (χ1v) is 5.88. The van der Waals surface area contributed by atoms with Crippen LogP contribution in [0.2, 0.25) is 5.28 Å². The van der Waals surface area contributed by atoms with Gasteiger partial charge < -0.3 is 10.3 Å². The summed E-state index contributed by atoms with van der Waals surface area (Å²) in [6.07, 6.45) is 1.46. The average Bonchev–Trinajstić information content (AvgIpc) is 2.89. The highest BCUT2D eigenvalue weighted by molar-refractivity contribution is 6.28. The number of anilines is 2. The van der Waals surface area contributed by atoms with Crippen LogP contribution in [0, 0.1) is 17.1 Å². The number of rotatable bonds is 2. The van der Waals surface area contributed by atoms with Gasteiger partial charge in [-0.15, -0.1) is 0 Å². The van der Waals surface area contributed by atoms with E-state index in [1.807, 2.05) is 0 Å². The van der Waals surface area contributed by atoms with Gasteiger partial charge in [0.05, 0.1) is 11.9 Å².